The van der Waals surface area contributed by atoms with Crippen LogP contribution in [0.15, 0.2) is 28.7 Å². The van der Waals surface area contributed by atoms with Crippen molar-refractivity contribution in [1.29, 1.82) is 0 Å². The normalized spacial score (nSPS) is 13.4. The standard InChI is InChI=1S/C17H21N5O3S2/c1-27-9-3-8-18-17(26)21(13-6-7-13)11-15-19-20-16(25-15)12-4-2-5-14(10-12)22(23)24/h2,4-5,10,13H,3,6-9,11H2,1H3,(H,18,26). The van der Waals surface area contributed by atoms with E-state index in [1.807, 2.05) is 11.8 Å². The summed E-state index contributed by atoms with van der Waals surface area (Å²) in [5, 5.41) is 23.1. The van der Waals surface area contributed by atoms with Gasteiger partial charge in [0.15, 0.2) is 5.11 Å². The lowest BCUT2D eigenvalue weighted by Crippen LogP contribution is -2.41. The van der Waals surface area contributed by atoms with E-state index < -0.39 is 4.92 Å². The van der Waals surface area contributed by atoms with Crippen LogP contribution in [-0.4, -0.2) is 49.7 Å². The number of rotatable bonds is 9. The van der Waals surface area contributed by atoms with Gasteiger partial charge in [-0.15, -0.1) is 10.2 Å². The minimum absolute atomic E-state index is 0.0116. The number of nitrogens with one attached hydrogen (secondary N) is 1. The summed E-state index contributed by atoms with van der Waals surface area (Å²) in [7, 11) is 0. The molecule has 0 saturated heterocycles. The maximum absolute atomic E-state index is 10.9. The highest BCUT2D eigenvalue weighted by molar-refractivity contribution is 7.98. The van der Waals surface area contributed by atoms with E-state index >= 15 is 0 Å². The lowest BCUT2D eigenvalue weighted by Gasteiger charge is -2.24. The number of nitro groups is 1. The van der Waals surface area contributed by atoms with Crippen molar-refractivity contribution in [3.63, 3.8) is 0 Å². The zero-order valence-electron chi connectivity index (χ0n) is 15.0. The number of aromatic nitrogens is 2. The minimum atomic E-state index is -0.448. The quantitative estimate of drug-likeness (QED) is 0.291. The van der Waals surface area contributed by atoms with Gasteiger partial charge in [-0.3, -0.25) is 10.1 Å². The summed E-state index contributed by atoms with van der Waals surface area (Å²) in [6, 6.07) is 6.56. The lowest BCUT2D eigenvalue weighted by atomic mass is 10.2. The maximum atomic E-state index is 10.9. The van der Waals surface area contributed by atoms with E-state index in [1.165, 1.54) is 12.1 Å². The first-order chi connectivity index (χ1) is 13.1. The minimum Gasteiger partial charge on any atom is -0.419 e. The molecule has 1 fully saturated rings. The van der Waals surface area contributed by atoms with Gasteiger partial charge < -0.3 is 14.6 Å². The predicted octanol–water partition coefficient (Wildman–Crippen LogP) is 3.24. The molecular formula is C17H21N5O3S2. The Morgan fingerprint density at radius 1 is 1.48 bits per heavy atom. The van der Waals surface area contributed by atoms with Gasteiger partial charge in [-0.1, -0.05) is 6.07 Å². The number of hydrogen-bond acceptors (Lipinski definition) is 7. The summed E-state index contributed by atoms with van der Waals surface area (Å²) in [4.78, 5) is 12.6. The smallest absolute Gasteiger partial charge is 0.270 e. The molecule has 27 heavy (non-hydrogen) atoms. The van der Waals surface area contributed by atoms with E-state index in [9.17, 15) is 10.1 Å². The van der Waals surface area contributed by atoms with Gasteiger partial charge in [-0.05, 0) is 49.6 Å². The molecule has 2 aromatic rings. The number of nitro benzene ring substituents is 1. The first kappa shape index (κ1) is 19.6. The molecule has 1 aliphatic carbocycles. The Bertz CT molecular complexity index is 809. The van der Waals surface area contributed by atoms with E-state index in [0.717, 1.165) is 31.6 Å². The van der Waals surface area contributed by atoms with Gasteiger partial charge in [0.2, 0.25) is 11.8 Å². The average Bonchev–Trinajstić information content (AvgIpc) is 3.40. The van der Waals surface area contributed by atoms with Gasteiger partial charge in [0.05, 0.1) is 11.5 Å². The first-order valence-electron chi connectivity index (χ1n) is 8.69. The molecule has 0 radical (unpaired) electrons. The van der Waals surface area contributed by atoms with E-state index in [1.54, 1.807) is 12.1 Å². The van der Waals surface area contributed by atoms with Crippen LogP contribution in [0.5, 0.6) is 0 Å². The Labute approximate surface area is 166 Å². The van der Waals surface area contributed by atoms with E-state index in [0.29, 0.717) is 29.2 Å². The summed E-state index contributed by atoms with van der Waals surface area (Å²) in [5.74, 6) is 1.80. The van der Waals surface area contributed by atoms with E-state index in [4.69, 9.17) is 16.6 Å². The van der Waals surface area contributed by atoms with Gasteiger partial charge in [-0.2, -0.15) is 11.8 Å². The third-order valence-electron chi connectivity index (χ3n) is 4.13. The first-order valence-corrected chi connectivity index (χ1v) is 10.5. The molecule has 3 rings (SSSR count). The van der Waals surface area contributed by atoms with Crippen LogP contribution in [0.2, 0.25) is 0 Å². The lowest BCUT2D eigenvalue weighted by molar-refractivity contribution is -0.384. The summed E-state index contributed by atoms with van der Waals surface area (Å²) in [5.41, 5.74) is 0.515. The highest BCUT2D eigenvalue weighted by Gasteiger charge is 2.32. The zero-order valence-corrected chi connectivity index (χ0v) is 16.6. The largest absolute Gasteiger partial charge is 0.419 e. The van der Waals surface area contributed by atoms with Gasteiger partial charge >= 0.3 is 0 Å². The van der Waals surface area contributed by atoms with Crippen molar-refractivity contribution in [3.8, 4) is 11.5 Å². The van der Waals surface area contributed by atoms with Crippen LogP contribution in [0.25, 0.3) is 11.5 Å². The van der Waals surface area contributed by atoms with Crippen LogP contribution < -0.4 is 5.32 Å². The molecule has 1 N–H and O–H groups in total. The van der Waals surface area contributed by atoms with Crippen molar-refractivity contribution in [1.82, 2.24) is 20.4 Å². The third kappa shape index (κ3) is 5.39. The number of benzene rings is 1. The number of non-ortho nitro benzene ring substituents is 1. The number of nitrogens with zero attached hydrogens (tertiary/aromatic N) is 4. The molecule has 0 unspecified atom stereocenters. The summed E-state index contributed by atoms with van der Waals surface area (Å²) < 4.78 is 5.73. The molecule has 1 aliphatic rings. The maximum Gasteiger partial charge on any atom is 0.270 e. The molecule has 0 amide bonds. The van der Waals surface area contributed by atoms with Crippen LogP contribution >= 0.6 is 24.0 Å². The molecule has 0 bridgehead atoms. The molecule has 0 aliphatic heterocycles. The Kier molecular flexibility index (Phi) is 6.62. The van der Waals surface area contributed by atoms with Gasteiger partial charge in [0, 0.05) is 30.3 Å². The molecule has 0 atom stereocenters. The topological polar surface area (TPSA) is 97.3 Å². The Morgan fingerprint density at radius 2 is 2.30 bits per heavy atom. The average molecular weight is 408 g/mol. The fourth-order valence-electron chi connectivity index (χ4n) is 2.60. The second-order valence-electron chi connectivity index (χ2n) is 6.25. The summed E-state index contributed by atoms with van der Waals surface area (Å²) in [6.45, 7) is 1.27. The van der Waals surface area contributed by atoms with Crippen LogP contribution in [0.3, 0.4) is 0 Å². The monoisotopic (exact) mass is 407 g/mol. The fourth-order valence-corrected chi connectivity index (χ4v) is 3.35. The number of thioether (sulfide) groups is 1. The molecule has 144 valence electrons. The highest BCUT2D eigenvalue weighted by Crippen LogP contribution is 2.29. The van der Waals surface area contributed by atoms with Crippen molar-refractivity contribution < 1.29 is 9.34 Å². The van der Waals surface area contributed by atoms with Gasteiger partial charge in [0.25, 0.3) is 5.69 Å². The Balaban J connectivity index is 1.65. The third-order valence-corrected chi connectivity index (χ3v) is 5.20. The Hall–Kier alpha value is -2.20. The van der Waals surface area contributed by atoms with Gasteiger partial charge in [-0.25, -0.2) is 0 Å². The molecule has 1 heterocycles. The summed E-state index contributed by atoms with van der Waals surface area (Å²) in [6.07, 6.45) is 5.33. The number of hydrogen-bond donors (Lipinski definition) is 1. The van der Waals surface area contributed by atoms with Crippen molar-refractivity contribution >= 4 is 34.8 Å². The predicted molar refractivity (Wildman–Crippen MR) is 109 cm³/mol. The molecule has 1 aromatic heterocycles. The second-order valence-corrected chi connectivity index (χ2v) is 7.62. The molecule has 10 heteroatoms. The fraction of sp³-hybridized carbons (Fsp3) is 0.471. The molecular weight excluding hydrogens is 386 g/mol. The Morgan fingerprint density at radius 3 is 3.00 bits per heavy atom. The molecule has 1 aromatic carbocycles. The van der Waals surface area contributed by atoms with E-state index in [2.05, 4.69) is 26.7 Å². The molecule has 8 nitrogen and oxygen atoms in total. The number of thiocarbonyl (C=S) groups is 1. The molecule has 1 saturated carbocycles. The van der Waals surface area contributed by atoms with E-state index in [-0.39, 0.29) is 11.6 Å². The van der Waals surface area contributed by atoms with Crippen molar-refractivity contribution in [2.75, 3.05) is 18.6 Å². The van der Waals surface area contributed by atoms with Crippen molar-refractivity contribution in [3.05, 3.63) is 40.3 Å². The van der Waals surface area contributed by atoms with Crippen LogP contribution in [0.1, 0.15) is 25.2 Å². The zero-order chi connectivity index (χ0) is 19.2. The molecule has 0 spiro atoms. The highest BCUT2D eigenvalue weighted by atomic mass is 32.2. The van der Waals surface area contributed by atoms with Crippen molar-refractivity contribution in [2.24, 2.45) is 0 Å². The SMILES string of the molecule is CSCCCNC(=S)N(Cc1nnc(-c2cccc([N+](=O)[O-])c2)o1)C1CC1. The second kappa shape index (κ2) is 9.14. The summed E-state index contributed by atoms with van der Waals surface area (Å²) >= 11 is 7.34. The van der Waals surface area contributed by atoms with Gasteiger partial charge in [0.1, 0.15) is 0 Å². The van der Waals surface area contributed by atoms with Crippen LogP contribution in [-0.2, 0) is 6.54 Å². The van der Waals surface area contributed by atoms with Crippen molar-refractivity contribution in [2.45, 2.75) is 31.8 Å². The van der Waals surface area contributed by atoms with Crippen LogP contribution in [0, 0.1) is 10.1 Å². The van der Waals surface area contributed by atoms with Crippen LogP contribution in [0.4, 0.5) is 5.69 Å².